The molecule has 0 atom stereocenters. The Hall–Kier alpha value is -2.36. The molecule has 2 N–H and O–H groups in total. The van der Waals surface area contributed by atoms with E-state index in [0.29, 0.717) is 16.9 Å². The van der Waals surface area contributed by atoms with Gasteiger partial charge < -0.3 is 10.1 Å². The number of aromatic amines is 1. The molecule has 0 aliphatic carbocycles. The van der Waals surface area contributed by atoms with Crippen LogP contribution < -0.4 is 0 Å². The molecule has 4 heteroatoms. The molecule has 3 nitrogen and oxygen atoms in total. The molecule has 0 radical (unpaired) electrons. The lowest BCUT2D eigenvalue weighted by Crippen LogP contribution is -1.81. The van der Waals surface area contributed by atoms with Gasteiger partial charge in [0.1, 0.15) is 17.4 Å². The third-order valence-corrected chi connectivity index (χ3v) is 2.93. The second-order valence-electron chi connectivity index (χ2n) is 4.25. The van der Waals surface area contributed by atoms with Crippen LogP contribution in [0.2, 0.25) is 0 Å². The monoisotopic (exact) mass is 242 g/mol. The van der Waals surface area contributed by atoms with Crippen LogP contribution in [-0.2, 0) is 0 Å². The highest BCUT2D eigenvalue weighted by Gasteiger charge is 2.07. The van der Waals surface area contributed by atoms with E-state index in [9.17, 15) is 9.50 Å². The largest absolute Gasteiger partial charge is 0.508 e. The minimum Gasteiger partial charge on any atom is -0.508 e. The van der Waals surface area contributed by atoms with Crippen LogP contribution in [0.1, 0.15) is 5.56 Å². The maximum absolute atomic E-state index is 13.1. The number of aromatic nitrogens is 2. The second-order valence-corrected chi connectivity index (χ2v) is 4.25. The van der Waals surface area contributed by atoms with Gasteiger partial charge in [-0.1, -0.05) is 12.1 Å². The first-order valence-corrected chi connectivity index (χ1v) is 5.59. The number of phenolic OH excluding ortho intramolecular Hbond substituents is 1. The molecule has 0 amide bonds. The first-order chi connectivity index (χ1) is 8.63. The van der Waals surface area contributed by atoms with Gasteiger partial charge >= 0.3 is 0 Å². The molecule has 0 saturated heterocycles. The van der Waals surface area contributed by atoms with Crippen molar-refractivity contribution in [3.8, 4) is 17.1 Å². The highest BCUT2D eigenvalue weighted by Crippen LogP contribution is 2.26. The molecule has 0 unspecified atom stereocenters. The Bertz CT molecular complexity index is 734. The van der Waals surface area contributed by atoms with E-state index in [2.05, 4.69) is 9.97 Å². The normalized spacial score (nSPS) is 11.0. The number of H-pyrrole nitrogens is 1. The third kappa shape index (κ3) is 1.72. The van der Waals surface area contributed by atoms with Gasteiger partial charge in [0, 0.05) is 5.56 Å². The van der Waals surface area contributed by atoms with Crippen molar-refractivity contribution in [2.45, 2.75) is 6.92 Å². The quantitative estimate of drug-likeness (QED) is 0.687. The van der Waals surface area contributed by atoms with Gasteiger partial charge in [0.2, 0.25) is 0 Å². The number of rotatable bonds is 1. The number of nitrogens with one attached hydrogen (secondary N) is 1. The molecule has 0 aliphatic rings. The first kappa shape index (κ1) is 10.8. The van der Waals surface area contributed by atoms with Crippen molar-refractivity contribution >= 4 is 11.0 Å². The summed E-state index contributed by atoms with van der Waals surface area (Å²) in [5.74, 6) is 0.537. The average Bonchev–Trinajstić information content (AvgIpc) is 2.75. The van der Waals surface area contributed by atoms with Crippen molar-refractivity contribution in [3.05, 3.63) is 47.8 Å². The van der Waals surface area contributed by atoms with E-state index in [1.54, 1.807) is 12.1 Å². The molecular formula is C14H11FN2O. The molecule has 0 fully saturated rings. The predicted octanol–water partition coefficient (Wildman–Crippen LogP) is 3.38. The number of hydrogen-bond donors (Lipinski definition) is 2. The van der Waals surface area contributed by atoms with Gasteiger partial charge in [0.25, 0.3) is 0 Å². The molecule has 0 aliphatic heterocycles. The number of nitrogens with zero attached hydrogens (tertiary/aromatic N) is 1. The predicted molar refractivity (Wildman–Crippen MR) is 67.9 cm³/mol. The minimum absolute atomic E-state index is 0.221. The summed E-state index contributed by atoms with van der Waals surface area (Å²) in [7, 11) is 0. The van der Waals surface area contributed by atoms with Gasteiger partial charge in [-0.2, -0.15) is 0 Å². The van der Waals surface area contributed by atoms with Crippen molar-refractivity contribution in [2.24, 2.45) is 0 Å². The SMILES string of the molecule is Cc1ccc(-c2nc3ccc(F)cc3[nH]2)cc1O. The number of hydrogen-bond acceptors (Lipinski definition) is 2. The smallest absolute Gasteiger partial charge is 0.138 e. The molecule has 0 saturated carbocycles. The van der Waals surface area contributed by atoms with Gasteiger partial charge in [-0.15, -0.1) is 0 Å². The van der Waals surface area contributed by atoms with Crippen LogP contribution in [-0.4, -0.2) is 15.1 Å². The van der Waals surface area contributed by atoms with Crippen LogP contribution in [0.3, 0.4) is 0 Å². The van der Waals surface area contributed by atoms with E-state index >= 15 is 0 Å². The Labute approximate surface area is 103 Å². The number of phenols is 1. The summed E-state index contributed by atoms with van der Waals surface area (Å²) in [4.78, 5) is 7.40. The molecule has 0 spiro atoms. The third-order valence-electron chi connectivity index (χ3n) is 2.93. The molecule has 1 aromatic heterocycles. The summed E-state index contributed by atoms with van der Waals surface area (Å²) in [5, 5.41) is 9.68. The summed E-state index contributed by atoms with van der Waals surface area (Å²) in [6.07, 6.45) is 0. The number of imidazole rings is 1. The maximum Gasteiger partial charge on any atom is 0.138 e. The highest BCUT2D eigenvalue weighted by atomic mass is 19.1. The van der Waals surface area contributed by atoms with Crippen LogP contribution in [0, 0.1) is 12.7 Å². The van der Waals surface area contributed by atoms with Crippen molar-refractivity contribution in [3.63, 3.8) is 0 Å². The number of aryl methyl sites for hydroxylation is 1. The molecule has 3 aromatic rings. The zero-order valence-electron chi connectivity index (χ0n) is 9.74. The van der Waals surface area contributed by atoms with E-state index in [1.807, 2.05) is 19.1 Å². The number of halogens is 1. The van der Waals surface area contributed by atoms with Gasteiger partial charge in [0.05, 0.1) is 11.0 Å². The van der Waals surface area contributed by atoms with Gasteiger partial charge in [-0.3, -0.25) is 0 Å². The summed E-state index contributed by atoms with van der Waals surface area (Å²) < 4.78 is 13.1. The fraction of sp³-hybridized carbons (Fsp3) is 0.0714. The Morgan fingerprint density at radius 2 is 2.00 bits per heavy atom. The molecule has 90 valence electrons. The molecule has 1 heterocycles. The van der Waals surface area contributed by atoms with Crippen molar-refractivity contribution in [2.75, 3.05) is 0 Å². The molecule has 2 aromatic carbocycles. The van der Waals surface area contributed by atoms with E-state index in [0.717, 1.165) is 11.1 Å². The highest BCUT2D eigenvalue weighted by molar-refractivity contribution is 5.79. The Kier molecular flexibility index (Phi) is 2.30. The van der Waals surface area contributed by atoms with Crippen LogP contribution in [0.5, 0.6) is 5.75 Å². The van der Waals surface area contributed by atoms with Crippen molar-refractivity contribution in [1.29, 1.82) is 0 Å². The van der Waals surface area contributed by atoms with Gasteiger partial charge in [-0.25, -0.2) is 9.37 Å². The number of fused-ring (bicyclic) bond motifs is 1. The van der Waals surface area contributed by atoms with Crippen LogP contribution in [0.4, 0.5) is 4.39 Å². The lowest BCUT2D eigenvalue weighted by atomic mass is 10.1. The van der Waals surface area contributed by atoms with Crippen LogP contribution in [0.25, 0.3) is 22.4 Å². The van der Waals surface area contributed by atoms with Crippen molar-refractivity contribution < 1.29 is 9.50 Å². The van der Waals surface area contributed by atoms with E-state index in [4.69, 9.17) is 0 Å². The summed E-state index contributed by atoms with van der Waals surface area (Å²) in [5.41, 5.74) is 2.92. The Morgan fingerprint density at radius 3 is 2.78 bits per heavy atom. The summed E-state index contributed by atoms with van der Waals surface area (Å²) in [6, 6.07) is 9.73. The molecule has 3 rings (SSSR count). The maximum atomic E-state index is 13.1. The minimum atomic E-state index is -0.301. The fourth-order valence-electron chi connectivity index (χ4n) is 1.88. The number of benzene rings is 2. The van der Waals surface area contributed by atoms with Crippen molar-refractivity contribution in [1.82, 2.24) is 9.97 Å². The standard InChI is InChI=1S/C14H11FN2O/c1-8-2-3-9(6-13(8)18)14-16-11-5-4-10(15)7-12(11)17-14/h2-7,18H,1H3,(H,16,17). The number of aromatic hydroxyl groups is 1. The molecule has 0 bridgehead atoms. The Morgan fingerprint density at radius 1 is 1.17 bits per heavy atom. The van der Waals surface area contributed by atoms with E-state index in [-0.39, 0.29) is 11.6 Å². The van der Waals surface area contributed by atoms with E-state index in [1.165, 1.54) is 12.1 Å². The first-order valence-electron chi connectivity index (χ1n) is 5.59. The zero-order valence-corrected chi connectivity index (χ0v) is 9.74. The fourth-order valence-corrected chi connectivity index (χ4v) is 1.88. The zero-order chi connectivity index (χ0) is 12.7. The van der Waals surface area contributed by atoms with Gasteiger partial charge in [0.15, 0.2) is 0 Å². The summed E-state index contributed by atoms with van der Waals surface area (Å²) >= 11 is 0. The summed E-state index contributed by atoms with van der Waals surface area (Å²) in [6.45, 7) is 1.83. The Balaban J connectivity index is 2.16. The van der Waals surface area contributed by atoms with Gasteiger partial charge in [-0.05, 0) is 36.8 Å². The van der Waals surface area contributed by atoms with Crippen LogP contribution >= 0.6 is 0 Å². The van der Waals surface area contributed by atoms with Crippen LogP contribution in [0.15, 0.2) is 36.4 Å². The topological polar surface area (TPSA) is 48.9 Å². The second kappa shape index (κ2) is 3.84. The average molecular weight is 242 g/mol. The lowest BCUT2D eigenvalue weighted by Gasteiger charge is -2.00. The molecule has 18 heavy (non-hydrogen) atoms. The van der Waals surface area contributed by atoms with E-state index < -0.39 is 0 Å². The lowest BCUT2D eigenvalue weighted by molar-refractivity contribution is 0.471. The molecular weight excluding hydrogens is 231 g/mol.